The molecule has 2 rings (SSSR count). The van der Waals surface area contributed by atoms with Crippen LogP contribution in [0.5, 0.6) is 5.75 Å². The molecule has 5 N–H and O–H groups in total. The summed E-state index contributed by atoms with van der Waals surface area (Å²) in [5, 5.41) is 12.2. The van der Waals surface area contributed by atoms with E-state index in [-0.39, 0.29) is 30.1 Å². The van der Waals surface area contributed by atoms with Crippen LogP contribution >= 0.6 is 11.3 Å². The molecule has 0 aliphatic heterocycles. The molecule has 0 spiro atoms. The molecule has 12 heteroatoms. The Balaban J connectivity index is 1.87. The lowest BCUT2D eigenvalue weighted by Gasteiger charge is -2.15. The average Bonchev–Trinajstić information content (AvgIpc) is 2.95. The van der Waals surface area contributed by atoms with E-state index in [4.69, 9.17) is 25.8 Å². The van der Waals surface area contributed by atoms with Crippen LogP contribution in [-0.2, 0) is 19.6 Å². The van der Waals surface area contributed by atoms with Crippen LogP contribution < -0.4 is 15.6 Å². The number of aromatic nitrogens is 1. The van der Waals surface area contributed by atoms with Crippen molar-refractivity contribution in [3.8, 4) is 5.75 Å². The number of ether oxygens (including phenoxy) is 2. The van der Waals surface area contributed by atoms with Gasteiger partial charge >= 0.3 is 5.97 Å². The quantitative estimate of drug-likeness (QED) is 0.252. The number of nitrogens with zero attached hydrogens (tertiary/aromatic N) is 2. The summed E-state index contributed by atoms with van der Waals surface area (Å²) in [7, 11) is -2.34. The van der Waals surface area contributed by atoms with Crippen LogP contribution in [0.3, 0.4) is 0 Å². The van der Waals surface area contributed by atoms with Crippen molar-refractivity contribution in [3.05, 3.63) is 18.2 Å². The summed E-state index contributed by atoms with van der Waals surface area (Å²) in [4.78, 5) is 16.7. The average molecular weight is 387 g/mol. The van der Waals surface area contributed by atoms with Gasteiger partial charge in [0.25, 0.3) is 10.0 Å². The van der Waals surface area contributed by atoms with Gasteiger partial charge in [0.15, 0.2) is 5.96 Å². The van der Waals surface area contributed by atoms with Crippen molar-refractivity contribution in [1.29, 1.82) is 5.41 Å². The first-order valence-electron chi connectivity index (χ1n) is 6.94. The van der Waals surface area contributed by atoms with Crippen molar-refractivity contribution in [1.82, 2.24) is 9.88 Å². The Kier molecular flexibility index (Phi) is 5.77. The van der Waals surface area contributed by atoms with Gasteiger partial charge in [-0.3, -0.25) is 10.2 Å². The van der Waals surface area contributed by atoms with Crippen LogP contribution in [0.15, 0.2) is 22.5 Å². The third kappa shape index (κ3) is 5.27. The van der Waals surface area contributed by atoms with E-state index in [9.17, 15) is 13.2 Å². The molecule has 25 heavy (non-hydrogen) atoms. The number of guanidine groups is 1. The van der Waals surface area contributed by atoms with E-state index in [1.165, 1.54) is 11.9 Å². The van der Waals surface area contributed by atoms with Gasteiger partial charge in [-0.15, -0.1) is 11.3 Å². The maximum Gasteiger partial charge on any atom is 0.325 e. The molecule has 0 saturated carbocycles. The number of rotatable bonds is 7. The van der Waals surface area contributed by atoms with E-state index in [1.807, 2.05) is 0 Å². The molecular weight excluding hydrogens is 370 g/mol. The summed E-state index contributed by atoms with van der Waals surface area (Å²) in [6.07, 6.45) is 0. The molecule has 0 radical (unpaired) electrons. The lowest BCUT2D eigenvalue weighted by molar-refractivity contribution is -0.144. The molecule has 0 fully saturated rings. The predicted octanol–water partition coefficient (Wildman–Crippen LogP) is -0.309. The molecule has 0 amide bonds. The highest BCUT2D eigenvalue weighted by molar-refractivity contribution is 7.91. The topological polar surface area (TPSA) is 162 Å². The number of nitrogens with one attached hydrogen (secondary N) is 1. The standard InChI is InChI=1S/C13H17N5O5S2/c1-18(12(14)15)7-11(19)23-5-4-22-8-2-3-9-10(6-8)24-13(17-9)25(16,20)21/h2-3,6H,4-5,7H2,1H3,(H3,14,15)(H2,16,20,21). The smallest absolute Gasteiger partial charge is 0.325 e. The SMILES string of the molecule is CN(CC(=O)OCCOc1ccc2nc(S(N)(=O)=O)sc2c1)C(=N)N. The van der Waals surface area contributed by atoms with Crippen molar-refractivity contribution in [2.75, 3.05) is 26.8 Å². The monoisotopic (exact) mass is 387 g/mol. The third-order valence-electron chi connectivity index (χ3n) is 2.98. The molecule has 0 bridgehead atoms. The Morgan fingerprint density at radius 3 is 2.76 bits per heavy atom. The van der Waals surface area contributed by atoms with Crippen LogP contribution in [0.2, 0.25) is 0 Å². The second-order valence-corrected chi connectivity index (χ2v) is 7.73. The van der Waals surface area contributed by atoms with Crippen LogP contribution in [0.1, 0.15) is 0 Å². The number of sulfonamides is 1. The number of thiazole rings is 1. The van der Waals surface area contributed by atoms with Crippen molar-refractivity contribution in [2.45, 2.75) is 4.34 Å². The van der Waals surface area contributed by atoms with Gasteiger partial charge < -0.3 is 20.1 Å². The van der Waals surface area contributed by atoms with Gasteiger partial charge in [0, 0.05) is 7.05 Å². The Morgan fingerprint density at radius 2 is 2.12 bits per heavy atom. The maximum atomic E-state index is 11.5. The molecule has 0 unspecified atom stereocenters. The minimum absolute atomic E-state index is 0.0216. The summed E-state index contributed by atoms with van der Waals surface area (Å²) in [5.41, 5.74) is 5.72. The Labute approximate surface area is 147 Å². The van der Waals surface area contributed by atoms with E-state index in [0.29, 0.717) is 16.0 Å². The number of fused-ring (bicyclic) bond motifs is 1. The van der Waals surface area contributed by atoms with Crippen LogP contribution in [0, 0.1) is 5.41 Å². The number of primary sulfonamides is 1. The Morgan fingerprint density at radius 1 is 1.40 bits per heavy atom. The zero-order valence-corrected chi connectivity index (χ0v) is 14.9. The lowest BCUT2D eigenvalue weighted by Crippen LogP contribution is -2.37. The minimum Gasteiger partial charge on any atom is -0.490 e. The summed E-state index contributed by atoms with van der Waals surface area (Å²) in [5.74, 6) is -0.282. The van der Waals surface area contributed by atoms with Gasteiger partial charge in [-0.05, 0) is 18.2 Å². The van der Waals surface area contributed by atoms with E-state index >= 15 is 0 Å². The second kappa shape index (κ2) is 7.63. The zero-order valence-electron chi connectivity index (χ0n) is 13.3. The van der Waals surface area contributed by atoms with E-state index in [1.54, 1.807) is 18.2 Å². The largest absolute Gasteiger partial charge is 0.490 e. The molecule has 136 valence electrons. The van der Waals surface area contributed by atoms with Crippen molar-refractivity contribution in [3.63, 3.8) is 0 Å². The van der Waals surface area contributed by atoms with Gasteiger partial charge in [-0.1, -0.05) is 0 Å². The fraction of sp³-hybridized carbons (Fsp3) is 0.308. The molecular formula is C13H17N5O5S2. The number of nitrogens with two attached hydrogens (primary N) is 2. The zero-order chi connectivity index (χ0) is 18.6. The normalized spacial score (nSPS) is 11.3. The van der Waals surface area contributed by atoms with Gasteiger partial charge in [0.2, 0.25) is 4.34 Å². The summed E-state index contributed by atoms with van der Waals surface area (Å²) in [6.45, 7) is 0.00805. The summed E-state index contributed by atoms with van der Waals surface area (Å²) in [6, 6.07) is 4.87. The van der Waals surface area contributed by atoms with Crippen LogP contribution in [-0.4, -0.2) is 57.0 Å². The Bertz CT molecular complexity index is 895. The third-order valence-corrected chi connectivity index (χ3v) is 5.31. The second-order valence-electron chi connectivity index (χ2n) is 4.96. The fourth-order valence-electron chi connectivity index (χ4n) is 1.73. The Hall–Kier alpha value is -2.44. The highest BCUT2D eigenvalue weighted by Crippen LogP contribution is 2.28. The van der Waals surface area contributed by atoms with Crippen molar-refractivity contribution in [2.24, 2.45) is 10.9 Å². The van der Waals surface area contributed by atoms with E-state index in [0.717, 1.165) is 11.3 Å². The molecule has 0 saturated heterocycles. The van der Waals surface area contributed by atoms with Crippen molar-refractivity contribution < 1.29 is 22.7 Å². The molecule has 0 atom stereocenters. The highest BCUT2D eigenvalue weighted by atomic mass is 32.2. The molecule has 1 aromatic heterocycles. The lowest BCUT2D eigenvalue weighted by atomic mass is 10.3. The fourth-order valence-corrected chi connectivity index (χ4v) is 3.42. The number of likely N-dealkylation sites (N-methyl/N-ethyl adjacent to an activating group) is 1. The first kappa shape index (κ1) is 18.9. The maximum absolute atomic E-state index is 11.5. The van der Waals surface area contributed by atoms with Crippen LogP contribution in [0.4, 0.5) is 0 Å². The van der Waals surface area contributed by atoms with Crippen LogP contribution in [0.25, 0.3) is 10.2 Å². The van der Waals surface area contributed by atoms with Crippen molar-refractivity contribution >= 4 is 43.5 Å². The molecule has 0 aliphatic carbocycles. The molecule has 1 aromatic carbocycles. The molecule has 0 aliphatic rings. The number of hydrogen-bond acceptors (Lipinski definition) is 8. The summed E-state index contributed by atoms with van der Waals surface area (Å²) < 4.78 is 33.5. The van der Waals surface area contributed by atoms with Gasteiger partial charge in [0.1, 0.15) is 25.5 Å². The van der Waals surface area contributed by atoms with Gasteiger partial charge in [-0.2, -0.15) is 0 Å². The number of hydrogen-bond donors (Lipinski definition) is 3. The first-order valence-corrected chi connectivity index (χ1v) is 9.30. The first-order chi connectivity index (χ1) is 11.7. The minimum atomic E-state index is -3.84. The molecule has 1 heterocycles. The van der Waals surface area contributed by atoms with E-state index in [2.05, 4.69) is 4.98 Å². The molecule has 2 aromatic rings. The summed E-state index contributed by atoms with van der Waals surface area (Å²) >= 11 is 0.945. The van der Waals surface area contributed by atoms with E-state index < -0.39 is 16.0 Å². The predicted molar refractivity (Wildman–Crippen MR) is 92.0 cm³/mol. The van der Waals surface area contributed by atoms with Gasteiger partial charge in [0.05, 0.1) is 10.2 Å². The number of benzene rings is 1. The highest BCUT2D eigenvalue weighted by Gasteiger charge is 2.15. The molecule has 10 nitrogen and oxygen atoms in total. The number of carbonyl (C=O) groups is 1. The number of carbonyl (C=O) groups excluding carboxylic acids is 1. The number of esters is 1. The van der Waals surface area contributed by atoms with Gasteiger partial charge in [-0.25, -0.2) is 18.5 Å².